The maximum absolute atomic E-state index is 11.9. The minimum Gasteiger partial charge on any atom is -0.486 e. The Kier molecular flexibility index (Phi) is 4.94. The Morgan fingerprint density at radius 1 is 1.16 bits per heavy atom. The average molecular weight is 359 g/mol. The Morgan fingerprint density at radius 3 is 2.72 bits per heavy atom. The van der Waals surface area contributed by atoms with E-state index < -0.39 is 10.0 Å². The highest BCUT2D eigenvalue weighted by atomic mass is 32.2. The predicted molar refractivity (Wildman–Crippen MR) is 99.2 cm³/mol. The first-order valence-corrected chi connectivity index (χ1v) is 9.77. The molecule has 0 aliphatic carbocycles. The van der Waals surface area contributed by atoms with Gasteiger partial charge in [-0.15, -0.1) is 0 Å². The third-order valence-electron chi connectivity index (χ3n) is 3.83. The van der Waals surface area contributed by atoms with Crippen LogP contribution < -0.4 is 9.46 Å². The second-order valence-electron chi connectivity index (χ2n) is 5.81. The van der Waals surface area contributed by atoms with Crippen molar-refractivity contribution < 1.29 is 13.2 Å². The van der Waals surface area contributed by atoms with Gasteiger partial charge in [-0.1, -0.05) is 25.1 Å². The summed E-state index contributed by atoms with van der Waals surface area (Å²) in [5.41, 5.74) is 2.46. The van der Waals surface area contributed by atoms with Crippen molar-refractivity contribution in [2.75, 3.05) is 10.5 Å². The van der Waals surface area contributed by atoms with Crippen LogP contribution in [0.25, 0.3) is 11.0 Å². The minimum absolute atomic E-state index is 0.0952. The first kappa shape index (κ1) is 17.3. The van der Waals surface area contributed by atoms with Gasteiger partial charge in [0.1, 0.15) is 18.2 Å². The number of hydrogen-bond donors (Lipinski definition) is 1. The summed E-state index contributed by atoms with van der Waals surface area (Å²) in [6.45, 7) is 2.13. The van der Waals surface area contributed by atoms with E-state index in [1.165, 1.54) is 0 Å². The summed E-state index contributed by atoms with van der Waals surface area (Å²) in [4.78, 5) is 4.56. The number of aromatic nitrogens is 2. The maximum Gasteiger partial charge on any atom is 0.232 e. The molecule has 0 spiro atoms. The molecule has 0 fully saturated rings. The number of fused-ring (bicyclic) bond motifs is 1. The lowest BCUT2D eigenvalue weighted by Crippen LogP contribution is -2.16. The zero-order chi connectivity index (χ0) is 17.9. The number of benzene rings is 2. The van der Waals surface area contributed by atoms with Crippen molar-refractivity contribution in [1.29, 1.82) is 0 Å². The van der Waals surface area contributed by atoms with Gasteiger partial charge in [-0.05, 0) is 30.7 Å². The summed E-state index contributed by atoms with van der Waals surface area (Å²) in [7, 11) is -1.37. The second kappa shape index (κ2) is 7.14. The number of imidazole rings is 1. The molecule has 25 heavy (non-hydrogen) atoms. The van der Waals surface area contributed by atoms with Crippen molar-refractivity contribution in [3.8, 4) is 5.75 Å². The molecule has 0 atom stereocenters. The fraction of sp³-hybridized carbons (Fsp3) is 0.278. The van der Waals surface area contributed by atoms with Crippen LogP contribution in [0.5, 0.6) is 5.75 Å². The van der Waals surface area contributed by atoms with Gasteiger partial charge in [0.15, 0.2) is 0 Å². The smallest absolute Gasteiger partial charge is 0.232 e. The number of ether oxygens (including phenoxy) is 1. The van der Waals surface area contributed by atoms with Crippen LogP contribution in [0.3, 0.4) is 0 Å². The Labute approximate surface area is 147 Å². The molecule has 6 nitrogen and oxygen atoms in total. The molecule has 3 rings (SSSR count). The SMILES string of the molecule is CCCS(=O)(=O)Nc1cccc(OCc2nc3ccccc3n2C)c1. The standard InChI is InChI=1S/C18H21N3O3S/c1-3-11-25(22,23)20-14-7-6-8-15(12-14)24-13-18-19-16-9-4-5-10-17(16)21(18)2/h4-10,12,20H,3,11,13H2,1-2H3. The molecule has 1 aromatic heterocycles. The lowest BCUT2D eigenvalue weighted by atomic mass is 10.3. The van der Waals surface area contributed by atoms with Gasteiger partial charge in [-0.2, -0.15) is 0 Å². The number of hydrogen-bond acceptors (Lipinski definition) is 4. The number of nitrogens with one attached hydrogen (secondary N) is 1. The molecular formula is C18H21N3O3S. The molecule has 0 radical (unpaired) electrons. The molecule has 0 saturated heterocycles. The molecule has 3 aromatic rings. The van der Waals surface area contributed by atoms with E-state index in [-0.39, 0.29) is 5.75 Å². The van der Waals surface area contributed by atoms with E-state index in [1.807, 2.05) is 42.8 Å². The fourth-order valence-electron chi connectivity index (χ4n) is 2.62. The molecule has 0 aliphatic heterocycles. The molecule has 2 aromatic carbocycles. The molecule has 0 unspecified atom stereocenters. The maximum atomic E-state index is 11.9. The van der Waals surface area contributed by atoms with E-state index in [4.69, 9.17) is 4.74 Å². The van der Waals surface area contributed by atoms with Crippen LogP contribution in [0.15, 0.2) is 48.5 Å². The molecule has 1 heterocycles. The van der Waals surface area contributed by atoms with E-state index in [9.17, 15) is 8.42 Å². The molecule has 1 N–H and O–H groups in total. The van der Waals surface area contributed by atoms with E-state index in [0.717, 1.165) is 16.9 Å². The van der Waals surface area contributed by atoms with Crippen molar-refractivity contribution in [3.05, 3.63) is 54.4 Å². The summed E-state index contributed by atoms with van der Waals surface area (Å²) in [6.07, 6.45) is 0.568. The van der Waals surface area contributed by atoms with Gasteiger partial charge in [0, 0.05) is 13.1 Å². The van der Waals surface area contributed by atoms with Gasteiger partial charge in [-0.3, -0.25) is 4.72 Å². The second-order valence-corrected chi connectivity index (χ2v) is 7.66. The Morgan fingerprint density at radius 2 is 1.96 bits per heavy atom. The van der Waals surface area contributed by atoms with Crippen LogP contribution in [0, 0.1) is 0 Å². The van der Waals surface area contributed by atoms with Crippen LogP contribution in [0.4, 0.5) is 5.69 Å². The third kappa shape index (κ3) is 4.11. The zero-order valence-corrected chi connectivity index (χ0v) is 15.1. The molecule has 0 aliphatic rings. The number of nitrogens with zero attached hydrogens (tertiary/aromatic N) is 2. The minimum atomic E-state index is -3.31. The monoisotopic (exact) mass is 359 g/mol. The molecule has 0 amide bonds. The quantitative estimate of drug-likeness (QED) is 0.702. The van der Waals surface area contributed by atoms with Crippen molar-refractivity contribution in [2.45, 2.75) is 20.0 Å². The van der Waals surface area contributed by atoms with Crippen molar-refractivity contribution in [3.63, 3.8) is 0 Å². The van der Waals surface area contributed by atoms with Gasteiger partial charge < -0.3 is 9.30 Å². The highest BCUT2D eigenvalue weighted by Crippen LogP contribution is 2.21. The first-order valence-electron chi connectivity index (χ1n) is 8.12. The van der Waals surface area contributed by atoms with E-state index in [2.05, 4.69) is 9.71 Å². The lowest BCUT2D eigenvalue weighted by molar-refractivity contribution is 0.292. The topological polar surface area (TPSA) is 73.2 Å². The Hall–Kier alpha value is -2.54. The fourth-order valence-corrected chi connectivity index (χ4v) is 3.75. The summed E-state index contributed by atoms with van der Waals surface area (Å²) < 4.78 is 34.1. The molecule has 0 bridgehead atoms. The van der Waals surface area contributed by atoms with Crippen LogP contribution >= 0.6 is 0 Å². The zero-order valence-electron chi connectivity index (χ0n) is 14.3. The molecular weight excluding hydrogens is 338 g/mol. The van der Waals surface area contributed by atoms with Crippen LogP contribution in [-0.2, 0) is 23.7 Å². The van der Waals surface area contributed by atoms with E-state index in [0.29, 0.717) is 24.5 Å². The largest absolute Gasteiger partial charge is 0.486 e. The number of rotatable bonds is 7. The molecule has 7 heteroatoms. The normalized spacial score (nSPS) is 11.6. The first-order chi connectivity index (χ1) is 12.0. The number of sulfonamides is 1. The summed E-state index contributed by atoms with van der Waals surface area (Å²) in [5.74, 6) is 1.49. The van der Waals surface area contributed by atoms with Crippen molar-refractivity contribution >= 4 is 26.7 Å². The highest BCUT2D eigenvalue weighted by Gasteiger charge is 2.10. The van der Waals surface area contributed by atoms with Crippen LogP contribution in [-0.4, -0.2) is 23.7 Å². The van der Waals surface area contributed by atoms with Crippen molar-refractivity contribution in [2.24, 2.45) is 7.05 Å². The van der Waals surface area contributed by atoms with Gasteiger partial charge >= 0.3 is 0 Å². The Bertz CT molecular complexity index is 980. The highest BCUT2D eigenvalue weighted by molar-refractivity contribution is 7.92. The number of aryl methyl sites for hydroxylation is 1. The lowest BCUT2D eigenvalue weighted by Gasteiger charge is -2.10. The van der Waals surface area contributed by atoms with Crippen LogP contribution in [0.1, 0.15) is 19.2 Å². The number of para-hydroxylation sites is 2. The molecule has 0 saturated carbocycles. The van der Waals surface area contributed by atoms with Crippen LogP contribution in [0.2, 0.25) is 0 Å². The molecule has 132 valence electrons. The van der Waals surface area contributed by atoms with Gasteiger partial charge in [0.2, 0.25) is 10.0 Å². The predicted octanol–water partition coefficient (Wildman–Crippen LogP) is 3.30. The van der Waals surface area contributed by atoms with Gasteiger partial charge in [-0.25, -0.2) is 13.4 Å². The average Bonchev–Trinajstić information content (AvgIpc) is 2.89. The number of anilines is 1. The Balaban J connectivity index is 1.73. The van der Waals surface area contributed by atoms with Crippen molar-refractivity contribution in [1.82, 2.24) is 9.55 Å². The van der Waals surface area contributed by atoms with E-state index in [1.54, 1.807) is 24.3 Å². The van der Waals surface area contributed by atoms with Gasteiger partial charge in [0.25, 0.3) is 0 Å². The summed E-state index contributed by atoms with van der Waals surface area (Å²) in [6, 6.07) is 14.8. The third-order valence-corrected chi connectivity index (χ3v) is 5.32. The van der Waals surface area contributed by atoms with E-state index >= 15 is 0 Å². The summed E-state index contributed by atoms with van der Waals surface area (Å²) in [5, 5.41) is 0. The van der Waals surface area contributed by atoms with Gasteiger partial charge in [0.05, 0.1) is 22.5 Å². The summed E-state index contributed by atoms with van der Waals surface area (Å²) >= 11 is 0.